The van der Waals surface area contributed by atoms with Crippen LogP contribution in [-0.2, 0) is 21.3 Å². The zero-order valence-electron chi connectivity index (χ0n) is 13.5. The Morgan fingerprint density at radius 1 is 1.17 bits per heavy atom. The summed E-state index contributed by atoms with van der Waals surface area (Å²) in [5.74, 6) is 0.673. The van der Waals surface area contributed by atoms with E-state index in [2.05, 4.69) is 5.32 Å². The van der Waals surface area contributed by atoms with Crippen LogP contribution in [0.15, 0.2) is 48.5 Å². The maximum Gasteiger partial charge on any atom is 0.239 e. The molecule has 0 unspecified atom stereocenters. The van der Waals surface area contributed by atoms with Gasteiger partial charge in [0, 0.05) is 16.6 Å². The number of para-hydroxylation sites is 2. The lowest BCUT2D eigenvalue weighted by atomic mass is 10.1. The predicted octanol–water partition coefficient (Wildman–Crippen LogP) is 3.28. The van der Waals surface area contributed by atoms with Crippen molar-refractivity contribution in [3.05, 3.63) is 59.7 Å². The Morgan fingerprint density at radius 2 is 1.83 bits per heavy atom. The molecule has 0 aliphatic rings. The van der Waals surface area contributed by atoms with Gasteiger partial charge in [-0.1, -0.05) is 36.4 Å². The Morgan fingerprint density at radius 3 is 2.52 bits per heavy atom. The number of aryl methyl sites for hydroxylation is 1. The van der Waals surface area contributed by atoms with Gasteiger partial charge < -0.3 is 10.1 Å². The number of carbonyl (C=O) groups is 1. The average molecular weight is 331 g/mol. The van der Waals surface area contributed by atoms with E-state index < -0.39 is 16.0 Å². The molecule has 2 aromatic carbocycles. The molecule has 2 atom stereocenters. The van der Waals surface area contributed by atoms with Gasteiger partial charge in [0.2, 0.25) is 5.91 Å². The fourth-order valence-corrected chi connectivity index (χ4v) is 3.33. The molecule has 0 aliphatic carbocycles. The summed E-state index contributed by atoms with van der Waals surface area (Å²) in [4.78, 5) is 12.3. The first-order valence-electron chi connectivity index (χ1n) is 7.38. The van der Waals surface area contributed by atoms with E-state index in [0.29, 0.717) is 17.2 Å². The van der Waals surface area contributed by atoms with Gasteiger partial charge in [0.1, 0.15) is 11.0 Å². The van der Waals surface area contributed by atoms with E-state index in [4.69, 9.17) is 4.74 Å². The molecule has 0 saturated heterocycles. The van der Waals surface area contributed by atoms with Crippen molar-refractivity contribution in [2.24, 2.45) is 0 Å². The number of rotatable bonds is 6. The summed E-state index contributed by atoms with van der Waals surface area (Å²) in [5.41, 5.74) is 2.67. The maximum absolute atomic E-state index is 12.5. The molecule has 4 nitrogen and oxygen atoms in total. The van der Waals surface area contributed by atoms with Gasteiger partial charge >= 0.3 is 0 Å². The molecule has 122 valence electrons. The van der Waals surface area contributed by atoms with Gasteiger partial charge in [-0.05, 0) is 37.1 Å². The molecule has 2 rings (SSSR count). The maximum atomic E-state index is 12.5. The summed E-state index contributed by atoms with van der Waals surface area (Å²) in [6.45, 7) is 3.66. The Hall–Kier alpha value is -2.14. The zero-order chi connectivity index (χ0) is 16.8. The average Bonchev–Trinajstić information content (AvgIpc) is 2.56. The van der Waals surface area contributed by atoms with E-state index in [9.17, 15) is 9.00 Å². The highest BCUT2D eigenvalue weighted by Crippen LogP contribution is 2.23. The van der Waals surface area contributed by atoms with Gasteiger partial charge in [-0.25, -0.2) is 0 Å². The lowest BCUT2D eigenvalue weighted by molar-refractivity contribution is -0.115. The fourth-order valence-electron chi connectivity index (χ4n) is 2.15. The van der Waals surface area contributed by atoms with E-state index in [1.54, 1.807) is 26.2 Å². The lowest BCUT2D eigenvalue weighted by Gasteiger charge is -2.15. The van der Waals surface area contributed by atoms with Crippen LogP contribution in [0.2, 0.25) is 0 Å². The van der Waals surface area contributed by atoms with Crippen molar-refractivity contribution >= 4 is 22.4 Å². The number of amides is 1. The predicted molar refractivity (Wildman–Crippen MR) is 94.1 cm³/mol. The molecule has 0 radical (unpaired) electrons. The van der Waals surface area contributed by atoms with Gasteiger partial charge in [0.25, 0.3) is 0 Å². The molecule has 0 heterocycles. The number of hydrogen-bond acceptors (Lipinski definition) is 3. The number of hydrogen-bond donors (Lipinski definition) is 1. The molecule has 0 bridgehead atoms. The Balaban J connectivity index is 2.04. The summed E-state index contributed by atoms with van der Waals surface area (Å²) in [7, 11) is 0.255. The minimum atomic E-state index is -1.29. The van der Waals surface area contributed by atoms with E-state index in [-0.39, 0.29) is 5.91 Å². The van der Waals surface area contributed by atoms with Crippen LogP contribution < -0.4 is 10.1 Å². The van der Waals surface area contributed by atoms with Crippen molar-refractivity contribution in [2.75, 3.05) is 12.4 Å². The standard InChI is InChI=1S/C18H21NO3S/c1-13-8-4-5-9-15(13)12-23(21)14(2)18(20)19-16-10-6-7-11-17(16)22-3/h4-11,14H,12H2,1-3H3,(H,19,20)/t14-,23-/m1/s1. The van der Waals surface area contributed by atoms with Gasteiger partial charge in [-0.2, -0.15) is 0 Å². The minimum absolute atomic E-state index is 0.276. The third kappa shape index (κ3) is 4.42. The van der Waals surface area contributed by atoms with Crippen molar-refractivity contribution in [2.45, 2.75) is 24.9 Å². The molecule has 0 fully saturated rings. The normalized spacial score (nSPS) is 13.2. The lowest BCUT2D eigenvalue weighted by Crippen LogP contribution is -2.30. The molecule has 23 heavy (non-hydrogen) atoms. The second-order valence-corrected chi connectivity index (χ2v) is 7.04. The van der Waals surface area contributed by atoms with Crippen LogP contribution in [0.1, 0.15) is 18.1 Å². The van der Waals surface area contributed by atoms with Crippen LogP contribution in [0.3, 0.4) is 0 Å². The van der Waals surface area contributed by atoms with Crippen molar-refractivity contribution in [3.63, 3.8) is 0 Å². The first-order valence-corrected chi connectivity index (χ1v) is 8.76. The number of benzene rings is 2. The molecule has 1 N–H and O–H groups in total. The van der Waals surface area contributed by atoms with E-state index in [0.717, 1.165) is 11.1 Å². The highest BCUT2D eigenvalue weighted by molar-refractivity contribution is 7.85. The SMILES string of the molecule is COc1ccccc1NC(=O)[C@@H](C)[S@](=O)Cc1ccccc1C. The van der Waals surface area contributed by atoms with Crippen molar-refractivity contribution in [3.8, 4) is 5.75 Å². The number of nitrogens with one attached hydrogen (secondary N) is 1. The van der Waals surface area contributed by atoms with Crippen molar-refractivity contribution in [1.29, 1.82) is 0 Å². The summed E-state index contributed by atoms with van der Waals surface area (Å²) in [5, 5.41) is 2.17. The zero-order valence-corrected chi connectivity index (χ0v) is 14.4. The molecular weight excluding hydrogens is 310 g/mol. The van der Waals surface area contributed by atoms with Crippen LogP contribution >= 0.6 is 0 Å². The molecule has 0 spiro atoms. The largest absolute Gasteiger partial charge is 0.495 e. The molecule has 0 aliphatic heterocycles. The number of ether oxygens (including phenoxy) is 1. The Kier molecular flexibility index (Phi) is 5.93. The van der Waals surface area contributed by atoms with Gasteiger partial charge in [-0.15, -0.1) is 0 Å². The van der Waals surface area contributed by atoms with E-state index in [1.165, 1.54) is 0 Å². The van der Waals surface area contributed by atoms with Crippen LogP contribution in [0.25, 0.3) is 0 Å². The second-order valence-electron chi connectivity index (χ2n) is 5.28. The van der Waals surface area contributed by atoms with Gasteiger partial charge in [0.05, 0.1) is 12.8 Å². The first-order chi connectivity index (χ1) is 11.0. The third-order valence-electron chi connectivity index (χ3n) is 3.69. The topological polar surface area (TPSA) is 55.4 Å². The number of methoxy groups -OCH3 is 1. The summed E-state index contributed by atoms with van der Waals surface area (Å²) in [6.07, 6.45) is 0. The smallest absolute Gasteiger partial charge is 0.239 e. The number of anilines is 1. The Bertz CT molecular complexity index is 715. The summed E-state index contributed by atoms with van der Waals surface area (Å²) < 4.78 is 17.7. The van der Waals surface area contributed by atoms with E-state index >= 15 is 0 Å². The van der Waals surface area contributed by atoms with Crippen LogP contribution in [0.5, 0.6) is 5.75 Å². The molecule has 1 amide bonds. The quantitative estimate of drug-likeness (QED) is 0.884. The highest BCUT2D eigenvalue weighted by Gasteiger charge is 2.21. The van der Waals surface area contributed by atoms with E-state index in [1.807, 2.05) is 43.3 Å². The van der Waals surface area contributed by atoms with Gasteiger partial charge in [0.15, 0.2) is 0 Å². The van der Waals surface area contributed by atoms with Crippen LogP contribution in [0, 0.1) is 6.92 Å². The van der Waals surface area contributed by atoms with Crippen LogP contribution in [0.4, 0.5) is 5.69 Å². The monoisotopic (exact) mass is 331 g/mol. The third-order valence-corrected chi connectivity index (χ3v) is 5.29. The molecule has 0 saturated carbocycles. The molecule has 5 heteroatoms. The number of carbonyl (C=O) groups excluding carboxylic acids is 1. The summed E-state index contributed by atoms with van der Waals surface area (Å²) in [6, 6.07) is 14.9. The van der Waals surface area contributed by atoms with Crippen molar-refractivity contribution < 1.29 is 13.7 Å². The fraction of sp³-hybridized carbons (Fsp3) is 0.278. The first kappa shape index (κ1) is 17.2. The summed E-state index contributed by atoms with van der Waals surface area (Å²) >= 11 is 0. The molecule has 0 aromatic heterocycles. The molecule has 2 aromatic rings. The Labute approximate surface area is 139 Å². The minimum Gasteiger partial charge on any atom is -0.495 e. The van der Waals surface area contributed by atoms with Crippen molar-refractivity contribution in [1.82, 2.24) is 0 Å². The highest BCUT2D eigenvalue weighted by atomic mass is 32.2. The molecular formula is C18H21NO3S. The second kappa shape index (κ2) is 7.92. The van der Waals surface area contributed by atoms with Crippen LogP contribution in [-0.4, -0.2) is 22.5 Å². The van der Waals surface area contributed by atoms with Gasteiger partial charge in [-0.3, -0.25) is 9.00 Å².